The van der Waals surface area contributed by atoms with Crippen LogP contribution in [0.1, 0.15) is 90.4 Å². The van der Waals surface area contributed by atoms with Gasteiger partial charge < -0.3 is 43.8 Å². The molecular formula is C32H58O15P2S. The third-order valence-electron chi connectivity index (χ3n) is 7.66. The average Bonchev–Trinajstić information content (AvgIpc) is 3.03. The van der Waals surface area contributed by atoms with Crippen molar-refractivity contribution in [1.82, 2.24) is 0 Å². The lowest BCUT2D eigenvalue weighted by atomic mass is 10.00. The number of aliphatic hydroxyl groups is 2. The van der Waals surface area contributed by atoms with Crippen LogP contribution in [-0.4, -0.2) is 111 Å². The Morgan fingerprint density at radius 3 is 2.04 bits per heavy atom. The zero-order valence-electron chi connectivity index (χ0n) is 29.4. The molecule has 0 aliphatic rings. The minimum absolute atomic E-state index is 0.0149. The number of allylic oxidation sites excluding steroid dienone is 1. The fourth-order valence-electron chi connectivity index (χ4n) is 4.69. The minimum atomic E-state index is -5.27. The molecule has 0 aromatic rings. The molecule has 0 aromatic heterocycles. The van der Waals surface area contributed by atoms with Crippen molar-refractivity contribution in [3.63, 3.8) is 0 Å². The molecule has 15 nitrogen and oxygen atoms in total. The second-order valence-corrected chi connectivity index (χ2v) is 17.8. The van der Waals surface area contributed by atoms with Gasteiger partial charge in [-0.05, 0) is 71.1 Å². The lowest BCUT2D eigenvalue weighted by molar-refractivity contribution is -0.151. The molecule has 0 amide bonds. The van der Waals surface area contributed by atoms with Gasteiger partial charge in [-0.25, -0.2) is 0 Å². The topological polar surface area (TPSA) is 240 Å². The Bertz CT molecular complexity index is 1090. The van der Waals surface area contributed by atoms with Crippen LogP contribution in [0.4, 0.5) is 0 Å². The fraction of sp³-hybridized carbons (Fsp3) is 0.812. The van der Waals surface area contributed by atoms with E-state index in [1.54, 1.807) is 13.0 Å². The smallest absolute Gasteiger partial charge is 0.366 e. The number of unbranched alkanes of at least 4 members (excludes halogenated alkanes) is 2. The normalized spacial score (nSPS) is 15.3. The summed E-state index contributed by atoms with van der Waals surface area (Å²) in [5.74, 6) is -1.15. The van der Waals surface area contributed by atoms with E-state index in [4.69, 9.17) is 18.9 Å². The Morgan fingerprint density at radius 2 is 1.44 bits per heavy atom. The largest absolute Gasteiger partial charge is 0.466 e. The van der Waals surface area contributed by atoms with Gasteiger partial charge in [-0.1, -0.05) is 6.08 Å². The van der Waals surface area contributed by atoms with Crippen molar-refractivity contribution < 1.29 is 72.1 Å². The maximum absolute atomic E-state index is 12.7. The molecule has 4 atom stereocenters. The summed E-state index contributed by atoms with van der Waals surface area (Å²) in [6, 6.07) is 0. The van der Waals surface area contributed by atoms with Crippen LogP contribution in [0.25, 0.3) is 0 Å². The molecule has 50 heavy (non-hydrogen) atoms. The molecule has 292 valence electrons. The lowest BCUT2D eigenvalue weighted by Crippen LogP contribution is -2.28. The monoisotopic (exact) mass is 776 g/mol. The zero-order valence-corrected chi connectivity index (χ0v) is 32.0. The zero-order chi connectivity index (χ0) is 38.1. The first-order chi connectivity index (χ1) is 23.5. The quantitative estimate of drug-likeness (QED) is 0.0212. The average molecular weight is 777 g/mol. The van der Waals surface area contributed by atoms with Crippen LogP contribution in [0, 0.1) is 11.8 Å². The van der Waals surface area contributed by atoms with Crippen LogP contribution in [-0.2, 0) is 47.3 Å². The van der Waals surface area contributed by atoms with Crippen molar-refractivity contribution in [2.24, 2.45) is 11.8 Å². The summed E-state index contributed by atoms with van der Waals surface area (Å²) in [4.78, 5) is 77.0. The van der Waals surface area contributed by atoms with E-state index in [1.807, 2.05) is 0 Å². The second kappa shape index (κ2) is 27.1. The van der Waals surface area contributed by atoms with E-state index in [1.165, 1.54) is 11.8 Å². The predicted molar refractivity (Wildman–Crippen MR) is 189 cm³/mol. The summed E-state index contributed by atoms with van der Waals surface area (Å²) in [6.45, 7) is 7.06. The van der Waals surface area contributed by atoms with E-state index < -0.39 is 44.3 Å². The number of thioether (sulfide) groups is 1. The predicted octanol–water partition coefficient (Wildman–Crippen LogP) is 4.16. The van der Waals surface area contributed by atoms with E-state index in [0.29, 0.717) is 76.3 Å². The molecular weight excluding hydrogens is 718 g/mol. The van der Waals surface area contributed by atoms with Crippen molar-refractivity contribution in [3.05, 3.63) is 12.7 Å². The second-order valence-electron chi connectivity index (χ2n) is 11.9. The molecule has 0 aliphatic carbocycles. The van der Waals surface area contributed by atoms with Gasteiger partial charge in [0.15, 0.2) is 0 Å². The Kier molecular flexibility index (Phi) is 26.2. The number of esters is 3. The van der Waals surface area contributed by atoms with Gasteiger partial charge in [0.25, 0.3) is 0 Å². The van der Waals surface area contributed by atoms with Gasteiger partial charge in [0.05, 0.1) is 44.9 Å². The van der Waals surface area contributed by atoms with Crippen LogP contribution in [0.3, 0.4) is 0 Å². The van der Waals surface area contributed by atoms with Crippen molar-refractivity contribution in [1.29, 1.82) is 0 Å². The highest BCUT2D eigenvalue weighted by Gasteiger charge is 2.56. The highest BCUT2D eigenvalue weighted by Crippen LogP contribution is 2.69. The van der Waals surface area contributed by atoms with Crippen LogP contribution in [0.5, 0.6) is 0 Å². The van der Waals surface area contributed by atoms with Gasteiger partial charge in [0, 0.05) is 44.0 Å². The number of hydrogen-bond donors (Lipinski definition) is 5. The van der Waals surface area contributed by atoms with Crippen molar-refractivity contribution in [2.75, 3.05) is 57.8 Å². The van der Waals surface area contributed by atoms with Gasteiger partial charge in [-0.15, -0.1) is 6.58 Å². The van der Waals surface area contributed by atoms with Crippen LogP contribution >= 0.6 is 26.7 Å². The molecule has 0 heterocycles. The van der Waals surface area contributed by atoms with Crippen molar-refractivity contribution in [3.8, 4) is 0 Å². The van der Waals surface area contributed by atoms with Gasteiger partial charge in [0.1, 0.15) is 5.78 Å². The number of ether oxygens (including phenoxy) is 4. The molecule has 0 bridgehead atoms. The van der Waals surface area contributed by atoms with E-state index >= 15 is 0 Å². The Labute approximate surface area is 299 Å². The van der Waals surface area contributed by atoms with Gasteiger partial charge in [0.2, 0.25) is 12.5 Å². The highest BCUT2D eigenvalue weighted by atomic mass is 32.2. The summed E-state index contributed by atoms with van der Waals surface area (Å²) in [5, 5.41) is 16.3. The van der Waals surface area contributed by atoms with E-state index in [-0.39, 0.29) is 76.3 Å². The Balaban J connectivity index is 4.35. The number of hydrogen-bond acceptors (Lipinski definition) is 13. The number of carbonyl (C=O) groups excluding carboxylic acids is 4. The molecule has 0 aliphatic heterocycles. The van der Waals surface area contributed by atoms with Gasteiger partial charge >= 0.3 is 25.5 Å². The molecule has 4 unspecified atom stereocenters. The summed E-state index contributed by atoms with van der Waals surface area (Å²) in [5.41, 5.74) is 0. The van der Waals surface area contributed by atoms with Crippen molar-refractivity contribution in [2.45, 2.75) is 95.5 Å². The number of ketones is 1. The maximum atomic E-state index is 12.7. The summed E-state index contributed by atoms with van der Waals surface area (Å²) in [6.07, 6.45) is 4.96. The highest BCUT2D eigenvalue weighted by molar-refractivity contribution is 7.99. The molecule has 0 saturated carbocycles. The first-order valence-electron chi connectivity index (χ1n) is 17.0. The van der Waals surface area contributed by atoms with Gasteiger partial charge in [-0.2, -0.15) is 11.8 Å². The van der Waals surface area contributed by atoms with Gasteiger partial charge in [-0.3, -0.25) is 28.3 Å². The summed E-state index contributed by atoms with van der Waals surface area (Å²) in [7, 11) is -9.78. The van der Waals surface area contributed by atoms with Crippen LogP contribution < -0.4 is 0 Å². The molecule has 0 spiro atoms. The third-order valence-corrected chi connectivity index (χ3v) is 13.2. The first kappa shape index (κ1) is 48.4. The summed E-state index contributed by atoms with van der Waals surface area (Å²) >= 11 is 1.47. The van der Waals surface area contributed by atoms with Crippen LogP contribution in [0.2, 0.25) is 0 Å². The molecule has 5 N–H and O–H groups in total. The van der Waals surface area contributed by atoms with E-state index in [2.05, 4.69) is 6.58 Å². The SMILES string of the molecule is C=CCC(CCCOC(=O)C(CCCO)COCCSCCC(=O)CCCCC(O)(P(C)(=O)O)P(=O)(O)O)C(=O)OCCCCC(=O)OCC. The number of carbonyl (C=O) groups is 4. The minimum Gasteiger partial charge on any atom is -0.466 e. The first-order valence-corrected chi connectivity index (χ1v) is 21.9. The standard InChI is InChI=1S/C32H58O15P2S/c1-4-12-26(30(36)46-20-9-7-16-29(35)45-5-2)14-11-21-47-31(37)27(13-10-19-33)25-44-22-24-50-23-17-28(34)15-6-8-18-32(38,48(3,39)40)49(41,42)43/h4,26-27,33,38H,1,5-25H2,2-3H3,(H,39,40)(H2,41,42,43). The molecule has 0 fully saturated rings. The third kappa shape index (κ3) is 21.0. The molecule has 18 heteroatoms. The number of aliphatic hydroxyl groups excluding tert-OH is 1. The molecule has 0 aromatic carbocycles. The number of Topliss-reactive ketones (excluding diaryl/α,β-unsaturated/α-hetero) is 1. The van der Waals surface area contributed by atoms with Crippen molar-refractivity contribution >= 4 is 50.4 Å². The van der Waals surface area contributed by atoms with Crippen LogP contribution in [0.15, 0.2) is 12.7 Å². The van der Waals surface area contributed by atoms with E-state index in [9.17, 15) is 53.2 Å². The molecule has 0 radical (unpaired) electrons. The fourth-order valence-corrected chi connectivity index (χ4v) is 8.46. The number of rotatable bonds is 32. The lowest BCUT2D eigenvalue weighted by Gasteiger charge is -2.30. The summed E-state index contributed by atoms with van der Waals surface area (Å²) < 4.78 is 44.7. The molecule has 0 saturated heterocycles. The molecule has 0 rings (SSSR count). The Hall–Kier alpha value is -1.61. The Morgan fingerprint density at radius 1 is 0.820 bits per heavy atom. The van der Waals surface area contributed by atoms with E-state index in [0.717, 1.165) is 0 Å². The maximum Gasteiger partial charge on any atom is 0.366 e.